The Morgan fingerprint density at radius 2 is 2.10 bits per heavy atom. The number of fused-ring (bicyclic) bond motifs is 2. The van der Waals surface area contributed by atoms with Crippen molar-refractivity contribution in [3.8, 4) is 0 Å². The number of sulfonamides is 1. The smallest absolute Gasteiger partial charge is 0.285 e. The summed E-state index contributed by atoms with van der Waals surface area (Å²) in [6.07, 6.45) is 10.1. The molecule has 29 heavy (non-hydrogen) atoms. The number of nitrogens with zero attached hydrogens (tertiary/aromatic N) is 5. The quantitative estimate of drug-likeness (QED) is 0.633. The third kappa shape index (κ3) is 3.84. The molecule has 1 saturated heterocycles. The highest BCUT2D eigenvalue weighted by Crippen LogP contribution is 2.41. The summed E-state index contributed by atoms with van der Waals surface area (Å²) in [6.45, 7) is 2.53. The Morgan fingerprint density at radius 1 is 1.31 bits per heavy atom. The van der Waals surface area contributed by atoms with Gasteiger partial charge in [0.25, 0.3) is 11.5 Å². The number of aromatic nitrogens is 4. The lowest BCUT2D eigenvalue weighted by Gasteiger charge is -2.22. The molecule has 10 nitrogen and oxygen atoms in total. The topological polar surface area (TPSA) is 119 Å². The van der Waals surface area contributed by atoms with E-state index in [9.17, 15) is 18.0 Å². The van der Waals surface area contributed by atoms with Crippen LogP contribution in [0.5, 0.6) is 0 Å². The van der Waals surface area contributed by atoms with E-state index in [1.54, 1.807) is 18.7 Å². The van der Waals surface area contributed by atoms with Crippen LogP contribution in [0.2, 0.25) is 0 Å². The van der Waals surface area contributed by atoms with Crippen molar-refractivity contribution in [1.29, 1.82) is 0 Å². The molecule has 4 rings (SSSR count). The van der Waals surface area contributed by atoms with Gasteiger partial charge in [-0.25, -0.2) is 17.7 Å². The van der Waals surface area contributed by atoms with Gasteiger partial charge < -0.3 is 14.5 Å². The maximum atomic E-state index is 12.5. The van der Waals surface area contributed by atoms with Gasteiger partial charge in [-0.1, -0.05) is 0 Å². The van der Waals surface area contributed by atoms with E-state index in [0.717, 1.165) is 6.54 Å². The Kier molecular flexibility index (Phi) is 5.03. The van der Waals surface area contributed by atoms with Crippen molar-refractivity contribution in [1.82, 2.24) is 28.7 Å². The molecule has 1 amide bonds. The second-order valence-corrected chi connectivity index (χ2v) is 9.75. The molecule has 156 valence electrons. The van der Waals surface area contributed by atoms with Crippen LogP contribution >= 0.6 is 0 Å². The zero-order valence-corrected chi connectivity index (χ0v) is 17.1. The van der Waals surface area contributed by atoms with Crippen LogP contribution in [0.15, 0.2) is 29.7 Å². The number of rotatable bonds is 6. The third-order valence-electron chi connectivity index (χ3n) is 5.77. The summed E-state index contributed by atoms with van der Waals surface area (Å²) >= 11 is 0. The minimum Gasteiger partial charge on any atom is -0.352 e. The van der Waals surface area contributed by atoms with Crippen LogP contribution in [0, 0.1) is 0 Å². The maximum Gasteiger partial charge on any atom is 0.285 e. The molecular weight excluding hydrogens is 396 g/mol. The molecule has 4 heterocycles. The normalized spacial score (nSPS) is 21.6. The van der Waals surface area contributed by atoms with Gasteiger partial charge in [-0.2, -0.15) is 4.98 Å². The first-order valence-corrected chi connectivity index (χ1v) is 11.4. The molecule has 0 radical (unpaired) electrons. The zero-order chi connectivity index (χ0) is 20.6. The average Bonchev–Trinajstić information content (AvgIpc) is 3.40. The number of amides is 1. The van der Waals surface area contributed by atoms with Crippen LogP contribution in [0.1, 0.15) is 35.4 Å². The summed E-state index contributed by atoms with van der Waals surface area (Å²) in [5.41, 5.74) is -0.990. The summed E-state index contributed by atoms with van der Waals surface area (Å²) in [5, 5.41) is 2.77. The van der Waals surface area contributed by atoms with E-state index in [-0.39, 0.29) is 5.56 Å². The lowest BCUT2D eigenvalue weighted by molar-refractivity contribution is 0.0950. The van der Waals surface area contributed by atoms with Gasteiger partial charge in [0.1, 0.15) is 11.4 Å². The lowest BCUT2D eigenvalue weighted by Crippen LogP contribution is -2.36. The molecule has 0 saturated carbocycles. The third-order valence-corrected chi connectivity index (χ3v) is 7.02. The molecule has 2 aromatic rings. The highest BCUT2D eigenvalue weighted by atomic mass is 32.2. The molecule has 2 aliphatic heterocycles. The van der Waals surface area contributed by atoms with E-state index >= 15 is 0 Å². The molecule has 2 aliphatic rings. The van der Waals surface area contributed by atoms with Crippen molar-refractivity contribution in [3.05, 3.63) is 46.7 Å². The highest BCUT2D eigenvalue weighted by molar-refractivity contribution is 7.88. The number of imidazole rings is 1. The van der Waals surface area contributed by atoms with Gasteiger partial charge in [-0.05, 0) is 19.3 Å². The Balaban J connectivity index is 1.45. The van der Waals surface area contributed by atoms with E-state index < -0.39 is 26.9 Å². The maximum absolute atomic E-state index is 12.5. The molecule has 0 bridgehead atoms. The predicted octanol–water partition coefficient (Wildman–Crippen LogP) is -0.433. The summed E-state index contributed by atoms with van der Waals surface area (Å²) in [6, 6.07) is 0. The van der Waals surface area contributed by atoms with Gasteiger partial charge in [0.2, 0.25) is 10.0 Å². The van der Waals surface area contributed by atoms with E-state index in [0.29, 0.717) is 51.3 Å². The molecule has 0 aliphatic carbocycles. The second-order valence-electron chi connectivity index (χ2n) is 7.76. The van der Waals surface area contributed by atoms with Gasteiger partial charge in [0.15, 0.2) is 0 Å². The van der Waals surface area contributed by atoms with Crippen molar-refractivity contribution in [3.63, 3.8) is 0 Å². The van der Waals surface area contributed by atoms with E-state index in [4.69, 9.17) is 0 Å². The average molecular weight is 420 g/mol. The van der Waals surface area contributed by atoms with Crippen LogP contribution in [0.25, 0.3) is 0 Å². The Hall–Kier alpha value is -2.53. The van der Waals surface area contributed by atoms with Crippen LogP contribution in [-0.4, -0.2) is 63.6 Å². The van der Waals surface area contributed by atoms with Crippen LogP contribution in [0.3, 0.4) is 0 Å². The molecule has 2 aromatic heterocycles. The number of nitrogens with one attached hydrogen (secondary N) is 1. The minimum absolute atomic E-state index is 0.0198. The SMILES string of the molecule is CS(=O)(=O)N1CCC2(CCn3cc(C(=O)NCCCn4ccnc4)c(=O)nc32)C1. The second kappa shape index (κ2) is 7.38. The van der Waals surface area contributed by atoms with Crippen molar-refractivity contribution in [2.45, 2.75) is 37.8 Å². The molecule has 1 unspecified atom stereocenters. The van der Waals surface area contributed by atoms with Crippen LogP contribution in [-0.2, 0) is 28.5 Å². The highest BCUT2D eigenvalue weighted by Gasteiger charge is 2.48. The fraction of sp³-hybridized carbons (Fsp3) is 0.556. The number of carbonyl (C=O) groups excluding carboxylic acids is 1. The molecule has 1 N–H and O–H groups in total. The van der Waals surface area contributed by atoms with Gasteiger partial charge >= 0.3 is 0 Å². The molecular formula is C18H24N6O4S. The van der Waals surface area contributed by atoms with Crippen molar-refractivity contribution < 1.29 is 13.2 Å². The zero-order valence-electron chi connectivity index (χ0n) is 16.2. The largest absolute Gasteiger partial charge is 0.352 e. The van der Waals surface area contributed by atoms with Crippen LogP contribution in [0.4, 0.5) is 0 Å². The van der Waals surface area contributed by atoms with Gasteiger partial charge in [-0.15, -0.1) is 0 Å². The number of hydrogen-bond acceptors (Lipinski definition) is 6. The summed E-state index contributed by atoms with van der Waals surface area (Å²) in [4.78, 5) is 33.2. The number of aryl methyl sites for hydroxylation is 2. The molecule has 1 atom stereocenters. The van der Waals surface area contributed by atoms with Crippen molar-refractivity contribution in [2.75, 3.05) is 25.9 Å². The Morgan fingerprint density at radius 3 is 2.79 bits per heavy atom. The minimum atomic E-state index is -3.28. The van der Waals surface area contributed by atoms with Crippen molar-refractivity contribution >= 4 is 15.9 Å². The number of hydrogen-bond donors (Lipinski definition) is 1. The molecule has 1 fully saturated rings. The van der Waals surface area contributed by atoms with E-state index in [2.05, 4.69) is 15.3 Å². The fourth-order valence-corrected chi connectivity index (χ4v) is 5.07. The monoisotopic (exact) mass is 420 g/mol. The van der Waals surface area contributed by atoms with Crippen molar-refractivity contribution in [2.24, 2.45) is 0 Å². The predicted molar refractivity (Wildman–Crippen MR) is 105 cm³/mol. The Bertz CT molecular complexity index is 1080. The van der Waals surface area contributed by atoms with Gasteiger partial charge in [0.05, 0.1) is 12.6 Å². The Labute approximate surface area is 168 Å². The van der Waals surface area contributed by atoms with Gasteiger partial charge in [0, 0.05) is 56.7 Å². The van der Waals surface area contributed by atoms with E-state index in [1.165, 1.54) is 10.6 Å². The fourth-order valence-electron chi connectivity index (χ4n) is 4.17. The van der Waals surface area contributed by atoms with Gasteiger partial charge in [-0.3, -0.25) is 9.59 Å². The molecule has 11 heteroatoms. The number of carbonyl (C=O) groups is 1. The lowest BCUT2D eigenvalue weighted by atomic mass is 9.85. The molecule has 1 spiro atoms. The van der Waals surface area contributed by atoms with Crippen LogP contribution < -0.4 is 10.9 Å². The molecule has 0 aromatic carbocycles. The summed E-state index contributed by atoms with van der Waals surface area (Å²) < 4.78 is 28.9. The first-order chi connectivity index (χ1) is 13.8. The summed E-state index contributed by atoms with van der Waals surface area (Å²) in [7, 11) is -3.28. The summed E-state index contributed by atoms with van der Waals surface area (Å²) in [5.74, 6) is 0.152. The first-order valence-electron chi connectivity index (χ1n) is 9.60. The van der Waals surface area contributed by atoms with E-state index in [1.807, 2.05) is 15.3 Å². The standard InChI is InChI=1S/C18H24N6O4S/c1-29(27,28)24-9-4-18(12-24)3-8-23-11-14(16(26)21-17(18)23)15(25)20-5-2-7-22-10-6-19-13-22/h6,10-11,13H,2-5,7-9,12H2,1H3,(H,20,25). The first kappa shape index (κ1) is 19.8.